The molecule has 2 fully saturated rings. The van der Waals surface area contributed by atoms with E-state index < -0.39 is 5.60 Å². The van der Waals surface area contributed by atoms with Gasteiger partial charge < -0.3 is 10.1 Å². The van der Waals surface area contributed by atoms with Gasteiger partial charge in [0.15, 0.2) is 0 Å². The topological polar surface area (TPSA) is 58.6 Å². The van der Waals surface area contributed by atoms with Crippen molar-refractivity contribution in [1.29, 1.82) is 0 Å². The third kappa shape index (κ3) is 4.09. The molecule has 3 atom stereocenters. The number of fused-ring (bicyclic) bond motifs is 1. The summed E-state index contributed by atoms with van der Waals surface area (Å²) >= 11 is 0. The molecule has 0 radical (unpaired) electrons. The minimum Gasteiger partial charge on any atom is -0.444 e. The standard InChI is InChI=1S/C21H30N2O3/c1-15(16-8-6-5-7-9-16)23-13-17-12-18(24)10-11-21(17,14-23)22-19(25)26-20(2,3)4/h5-9,15,17H,10-14H2,1-4H3,(H,22,25)/t15-,17+,21-/m1/s1. The molecule has 26 heavy (non-hydrogen) atoms. The highest BCUT2D eigenvalue weighted by molar-refractivity contribution is 5.81. The maximum Gasteiger partial charge on any atom is 0.408 e. The number of nitrogens with one attached hydrogen (secondary N) is 1. The minimum absolute atomic E-state index is 0.141. The van der Waals surface area contributed by atoms with Gasteiger partial charge in [0.25, 0.3) is 0 Å². The van der Waals surface area contributed by atoms with Crippen LogP contribution in [0.4, 0.5) is 4.79 Å². The predicted molar refractivity (Wildman–Crippen MR) is 101 cm³/mol. The van der Waals surface area contributed by atoms with Crippen LogP contribution < -0.4 is 5.32 Å². The second kappa shape index (κ2) is 7.03. The number of carbonyl (C=O) groups is 2. The highest BCUT2D eigenvalue weighted by Crippen LogP contribution is 2.41. The third-order valence-electron chi connectivity index (χ3n) is 5.63. The predicted octanol–water partition coefficient (Wildman–Crippen LogP) is 3.70. The molecule has 1 heterocycles. The van der Waals surface area contributed by atoms with E-state index in [0.29, 0.717) is 25.0 Å². The van der Waals surface area contributed by atoms with Gasteiger partial charge in [0.05, 0.1) is 5.54 Å². The molecule has 3 rings (SSSR count). The summed E-state index contributed by atoms with van der Waals surface area (Å²) in [5.41, 5.74) is 0.347. The molecule has 5 heteroatoms. The number of carbonyl (C=O) groups excluding carboxylic acids is 2. The van der Waals surface area contributed by atoms with Crippen LogP contribution >= 0.6 is 0 Å². The number of ether oxygens (including phenoxy) is 1. The summed E-state index contributed by atoms with van der Waals surface area (Å²) in [6.07, 6.45) is 1.37. The molecule has 0 aromatic heterocycles. The van der Waals surface area contributed by atoms with Gasteiger partial charge >= 0.3 is 6.09 Å². The number of Topliss-reactive ketones (excluding diaryl/α,β-unsaturated/α-hetero) is 1. The van der Waals surface area contributed by atoms with E-state index in [1.165, 1.54) is 5.56 Å². The quantitative estimate of drug-likeness (QED) is 0.895. The number of amides is 1. The molecule has 5 nitrogen and oxygen atoms in total. The zero-order valence-corrected chi connectivity index (χ0v) is 16.2. The van der Waals surface area contributed by atoms with Crippen LogP contribution in [-0.2, 0) is 9.53 Å². The summed E-state index contributed by atoms with van der Waals surface area (Å²) in [7, 11) is 0. The van der Waals surface area contributed by atoms with Crippen LogP contribution in [0.3, 0.4) is 0 Å². The van der Waals surface area contributed by atoms with Crippen molar-refractivity contribution in [2.45, 2.75) is 64.1 Å². The number of ketones is 1. The molecular formula is C21H30N2O3. The summed E-state index contributed by atoms with van der Waals surface area (Å²) in [5, 5.41) is 3.15. The highest BCUT2D eigenvalue weighted by atomic mass is 16.6. The number of alkyl carbamates (subject to hydrolysis) is 1. The molecular weight excluding hydrogens is 328 g/mol. The fourth-order valence-corrected chi connectivity index (χ4v) is 4.24. The van der Waals surface area contributed by atoms with E-state index >= 15 is 0 Å². The summed E-state index contributed by atoms with van der Waals surface area (Å²) in [6, 6.07) is 10.6. The van der Waals surface area contributed by atoms with Crippen molar-refractivity contribution in [1.82, 2.24) is 10.2 Å². The molecule has 2 aliphatic rings. The van der Waals surface area contributed by atoms with Crippen molar-refractivity contribution in [3.05, 3.63) is 35.9 Å². The first kappa shape index (κ1) is 18.9. The van der Waals surface area contributed by atoms with Crippen molar-refractivity contribution in [3.8, 4) is 0 Å². The van der Waals surface area contributed by atoms with Gasteiger partial charge in [0.1, 0.15) is 11.4 Å². The van der Waals surface area contributed by atoms with Gasteiger partial charge in [0, 0.05) is 37.9 Å². The Kier molecular flexibility index (Phi) is 5.11. The normalized spacial score (nSPS) is 27.7. The summed E-state index contributed by atoms with van der Waals surface area (Å²) in [4.78, 5) is 26.9. The number of hydrogen-bond acceptors (Lipinski definition) is 4. The summed E-state index contributed by atoms with van der Waals surface area (Å²) in [5.74, 6) is 0.438. The van der Waals surface area contributed by atoms with E-state index in [1.54, 1.807) is 0 Å². The van der Waals surface area contributed by atoms with Gasteiger partial charge in [-0.2, -0.15) is 0 Å². The van der Waals surface area contributed by atoms with Crippen molar-refractivity contribution in [2.75, 3.05) is 13.1 Å². The molecule has 1 amide bonds. The SMILES string of the molecule is C[C@H](c1ccccc1)N1C[C@@H]2CC(=O)CC[C@@]2(NC(=O)OC(C)(C)C)C1. The molecule has 1 aliphatic carbocycles. The monoisotopic (exact) mass is 358 g/mol. The van der Waals surface area contributed by atoms with E-state index in [1.807, 2.05) is 39.0 Å². The van der Waals surface area contributed by atoms with Crippen LogP contribution in [0.2, 0.25) is 0 Å². The molecule has 0 unspecified atom stereocenters. The van der Waals surface area contributed by atoms with Gasteiger partial charge in [-0.15, -0.1) is 0 Å². The van der Waals surface area contributed by atoms with Crippen LogP contribution in [0, 0.1) is 5.92 Å². The first-order chi connectivity index (χ1) is 12.2. The number of rotatable bonds is 3. The molecule has 0 spiro atoms. The Balaban J connectivity index is 1.78. The number of nitrogens with zero attached hydrogens (tertiary/aromatic N) is 1. The Bertz CT molecular complexity index is 668. The molecule has 1 saturated carbocycles. The minimum atomic E-state index is -0.531. The molecule has 1 N–H and O–H groups in total. The lowest BCUT2D eigenvalue weighted by atomic mass is 9.74. The first-order valence-electron chi connectivity index (χ1n) is 9.50. The van der Waals surface area contributed by atoms with Gasteiger partial charge in [0.2, 0.25) is 0 Å². The zero-order chi connectivity index (χ0) is 18.9. The number of hydrogen-bond donors (Lipinski definition) is 1. The number of benzene rings is 1. The van der Waals surface area contributed by atoms with Crippen molar-refractivity contribution in [2.24, 2.45) is 5.92 Å². The molecule has 0 bridgehead atoms. The Hall–Kier alpha value is -1.88. The number of likely N-dealkylation sites (tertiary alicyclic amines) is 1. The summed E-state index contributed by atoms with van der Waals surface area (Å²) < 4.78 is 5.50. The summed E-state index contributed by atoms with van der Waals surface area (Å²) in [6.45, 7) is 9.35. The Morgan fingerprint density at radius 3 is 2.65 bits per heavy atom. The Morgan fingerprint density at radius 2 is 2.00 bits per heavy atom. The van der Waals surface area contributed by atoms with E-state index in [-0.39, 0.29) is 23.6 Å². The van der Waals surface area contributed by atoms with Gasteiger partial charge in [-0.05, 0) is 39.7 Å². The van der Waals surface area contributed by atoms with Gasteiger partial charge in [-0.3, -0.25) is 9.69 Å². The van der Waals surface area contributed by atoms with Crippen molar-refractivity contribution >= 4 is 11.9 Å². The second-order valence-electron chi connectivity index (χ2n) is 8.74. The average Bonchev–Trinajstić information content (AvgIpc) is 2.91. The van der Waals surface area contributed by atoms with Gasteiger partial charge in [-0.1, -0.05) is 30.3 Å². The smallest absolute Gasteiger partial charge is 0.408 e. The molecule has 142 valence electrons. The Morgan fingerprint density at radius 1 is 1.31 bits per heavy atom. The van der Waals surface area contributed by atoms with E-state index in [2.05, 4.69) is 29.3 Å². The molecule has 1 aromatic carbocycles. The average molecular weight is 358 g/mol. The second-order valence-corrected chi connectivity index (χ2v) is 8.74. The zero-order valence-electron chi connectivity index (χ0n) is 16.2. The van der Waals surface area contributed by atoms with Crippen molar-refractivity contribution in [3.63, 3.8) is 0 Å². The van der Waals surface area contributed by atoms with Crippen LogP contribution in [0.25, 0.3) is 0 Å². The fraction of sp³-hybridized carbons (Fsp3) is 0.619. The maximum atomic E-state index is 12.5. The lowest BCUT2D eigenvalue weighted by Crippen LogP contribution is -2.57. The third-order valence-corrected chi connectivity index (χ3v) is 5.63. The van der Waals surface area contributed by atoms with E-state index in [0.717, 1.165) is 13.1 Å². The van der Waals surface area contributed by atoms with Crippen LogP contribution in [0.15, 0.2) is 30.3 Å². The van der Waals surface area contributed by atoms with E-state index in [9.17, 15) is 9.59 Å². The Labute approximate surface area is 156 Å². The lowest BCUT2D eigenvalue weighted by molar-refractivity contribution is -0.122. The fourth-order valence-electron chi connectivity index (χ4n) is 4.24. The van der Waals surface area contributed by atoms with Crippen LogP contribution in [-0.4, -0.2) is 41.0 Å². The van der Waals surface area contributed by atoms with Crippen molar-refractivity contribution < 1.29 is 14.3 Å². The van der Waals surface area contributed by atoms with Gasteiger partial charge in [-0.25, -0.2) is 4.79 Å². The van der Waals surface area contributed by atoms with Crippen LogP contribution in [0.5, 0.6) is 0 Å². The highest BCUT2D eigenvalue weighted by Gasteiger charge is 2.51. The van der Waals surface area contributed by atoms with E-state index in [4.69, 9.17) is 4.74 Å². The van der Waals surface area contributed by atoms with Crippen LogP contribution in [0.1, 0.15) is 58.6 Å². The lowest BCUT2D eigenvalue weighted by Gasteiger charge is -2.39. The molecule has 1 aliphatic heterocycles. The maximum absolute atomic E-state index is 12.5. The first-order valence-corrected chi connectivity index (χ1v) is 9.50. The largest absolute Gasteiger partial charge is 0.444 e. The molecule has 1 saturated heterocycles. The molecule has 1 aromatic rings.